The zero-order chi connectivity index (χ0) is 52.4. The molecule has 4 aromatic rings. The van der Waals surface area contributed by atoms with Gasteiger partial charge in [0.05, 0.1) is 32.1 Å². The summed E-state index contributed by atoms with van der Waals surface area (Å²) in [4.78, 5) is 145. The molecule has 0 aliphatic rings. The Hall–Kier alpha value is -8.35. The summed E-state index contributed by atoms with van der Waals surface area (Å²) in [6, 6.07) is 6.38. The van der Waals surface area contributed by atoms with Gasteiger partial charge in [0.2, 0.25) is 53.2 Å². The van der Waals surface area contributed by atoms with E-state index in [-0.39, 0.29) is 25.2 Å². The maximum atomic E-state index is 13.8. The first kappa shape index (κ1) is 55.2. The fourth-order valence-corrected chi connectivity index (χ4v) is 7.30. The van der Waals surface area contributed by atoms with Gasteiger partial charge in [-0.1, -0.05) is 50.2 Å². The number of aliphatic carboxylic acids is 2. The molecule has 0 fully saturated rings. The topological polar surface area (TPSA) is 408 Å². The van der Waals surface area contributed by atoms with Crippen molar-refractivity contribution in [2.24, 2.45) is 17.4 Å². The highest BCUT2D eigenvalue weighted by molar-refractivity contribution is 5.97. The van der Waals surface area contributed by atoms with Crippen LogP contribution < -0.4 is 54.0 Å². The molecule has 0 aliphatic carbocycles. The minimum absolute atomic E-state index is 0.0420. The summed E-state index contributed by atoms with van der Waals surface area (Å²) in [6.45, 7) is 2.83. The largest absolute Gasteiger partial charge is 0.481 e. The second-order valence-electron chi connectivity index (χ2n) is 17.1. The van der Waals surface area contributed by atoms with Crippen LogP contribution in [0.4, 0.5) is 0 Å². The Balaban J connectivity index is 1.35. The molecule has 2 aromatic carbocycles. The smallest absolute Gasteiger partial charge is 0.326 e. The van der Waals surface area contributed by atoms with Crippen LogP contribution in [-0.2, 0) is 65.6 Å². The third-order valence-electron chi connectivity index (χ3n) is 10.9. The zero-order valence-electron chi connectivity index (χ0n) is 39.2. The summed E-state index contributed by atoms with van der Waals surface area (Å²) >= 11 is 0. The highest BCUT2D eigenvalue weighted by Gasteiger charge is 2.30. The lowest BCUT2D eigenvalue weighted by Gasteiger charge is -2.23. The molecule has 0 spiro atoms. The van der Waals surface area contributed by atoms with Crippen LogP contribution in [0.15, 0.2) is 60.9 Å². The van der Waals surface area contributed by atoms with Crippen LogP contribution >= 0.6 is 0 Å². The van der Waals surface area contributed by atoms with Crippen LogP contribution in [0, 0.1) is 5.92 Å². The molecular formula is C46H60N12O13. The number of fused-ring (bicyclic) bond motifs is 2. The Labute approximate surface area is 406 Å². The number of hydrogen-bond donors (Lipinski definition) is 14. The number of hydrogen-bond acceptors (Lipinski definition) is 12. The standard InChI is InChI=1S/C46H60N12O13/c1-23(2)14-33(55-37(60)21-52-43(67)32(12-13-40(63)64)58-42(66)29(47)17-36(48)59)44(68)53-22-38(61)56-34(15-25-18-49-30-10-6-4-8-27(25)30)45(69)54-24(3)41(65)51-20-39(62)57-35(46(70)71)16-26-19-50-31-11-7-5-9-28(26)31/h4-11,18-19,23-24,29,32-35,49-50H,12-17,20-22,47H2,1-3H3,(H2,48,59)(H,51,65)(H,52,67)(H,53,68)(H,54,69)(H,55,60)(H,56,61)(H,57,62)(H,58,66)(H,63,64)(H,70,71). The van der Waals surface area contributed by atoms with E-state index >= 15 is 0 Å². The first-order valence-corrected chi connectivity index (χ1v) is 22.5. The molecule has 2 aromatic heterocycles. The molecule has 6 unspecified atom stereocenters. The van der Waals surface area contributed by atoms with E-state index in [4.69, 9.17) is 16.6 Å². The van der Waals surface area contributed by atoms with Crippen molar-refractivity contribution in [2.45, 2.75) is 95.5 Å². The first-order valence-electron chi connectivity index (χ1n) is 22.5. The summed E-state index contributed by atoms with van der Waals surface area (Å²) in [5.41, 5.74) is 13.5. The van der Waals surface area contributed by atoms with Crippen LogP contribution in [0.3, 0.4) is 0 Å². The van der Waals surface area contributed by atoms with Gasteiger partial charge < -0.3 is 74.2 Å². The van der Waals surface area contributed by atoms with Gasteiger partial charge in [0.25, 0.3) is 0 Å². The number of primary amides is 1. The Morgan fingerprint density at radius 2 is 1.03 bits per heavy atom. The molecule has 0 radical (unpaired) electrons. The van der Waals surface area contributed by atoms with Crippen LogP contribution in [0.1, 0.15) is 57.6 Å². The van der Waals surface area contributed by atoms with E-state index in [9.17, 15) is 57.8 Å². The number of aromatic nitrogens is 2. The second kappa shape index (κ2) is 26.4. The quantitative estimate of drug-likeness (QED) is 0.0278. The molecule has 16 N–H and O–H groups in total. The van der Waals surface area contributed by atoms with Gasteiger partial charge in [-0.2, -0.15) is 0 Å². The summed E-state index contributed by atoms with van der Waals surface area (Å²) in [5, 5.41) is 39.7. The number of amides is 9. The van der Waals surface area contributed by atoms with Gasteiger partial charge in [0.15, 0.2) is 0 Å². The minimum atomic E-state index is -1.47. The molecule has 4 rings (SSSR count). The Morgan fingerprint density at radius 3 is 1.52 bits per heavy atom. The number of rotatable bonds is 28. The fraction of sp³-hybridized carbons (Fsp3) is 0.413. The predicted octanol–water partition coefficient (Wildman–Crippen LogP) is -2.57. The summed E-state index contributed by atoms with van der Waals surface area (Å²) in [7, 11) is 0. The van der Waals surface area contributed by atoms with E-state index in [2.05, 4.69) is 52.5 Å². The molecule has 9 amide bonds. The number of H-pyrrole nitrogens is 2. The van der Waals surface area contributed by atoms with E-state index in [1.165, 1.54) is 6.92 Å². The van der Waals surface area contributed by atoms with Crippen molar-refractivity contribution in [1.82, 2.24) is 52.5 Å². The average molecular weight is 989 g/mol. The molecule has 2 heterocycles. The Bertz CT molecular complexity index is 2610. The lowest BCUT2D eigenvalue weighted by atomic mass is 10.0. The van der Waals surface area contributed by atoms with Gasteiger partial charge in [-0.05, 0) is 48.9 Å². The summed E-state index contributed by atoms with van der Waals surface area (Å²) in [6.07, 6.45) is 1.73. The number of carboxylic acid groups (broad SMARTS) is 2. The van der Waals surface area contributed by atoms with Crippen molar-refractivity contribution >= 4 is 86.9 Å². The lowest BCUT2D eigenvalue weighted by Crippen LogP contribution is -2.56. The number of nitrogens with two attached hydrogens (primary N) is 2. The van der Waals surface area contributed by atoms with Crippen molar-refractivity contribution in [2.75, 3.05) is 19.6 Å². The fourth-order valence-electron chi connectivity index (χ4n) is 7.30. The van der Waals surface area contributed by atoms with Crippen molar-refractivity contribution < 1.29 is 63.0 Å². The molecular weight excluding hydrogens is 929 g/mol. The molecule has 382 valence electrons. The molecule has 25 nitrogen and oxygen atoms in total. The number of carbonyl (C=O) groups excluding carboxylic acids is 9. The monoisotopic (exact) mass is 988 g/mol. The number of carbonyl (C=O) groups is 11. The molecule has 6 atom stereocenters. The predicted molar refractivity (Wildman–Crippen MR) is 254 cm³/mol. The van der Waals surface area contributed by atoms with Crippen molar-refractivity contribution in [3.05, 3.63) is 72.1 Å². The van der Waals surface area contributed by atoms with Crippen LogP contribution in [0.5, 0.6) is 0 Å². The second-order valence-corrected chi connectivity index (χ2v) is 17.1. The molecule has 0 saturated carbocycles. The molecule has 25 heteroatoms. The SMILES string of the molecule is CC(C)CC(NC(=O)CNC(=O)C(CCC(=O)O)NC(=O)C(N)CC(N)=O)C(=O)NCC(=O)NC(Cc1c[nH]c2ccccc12)C(=O)NC(C)C(=O)NCC(=O)NC(Cc1c[nH]c2ccccc12)C(=O)O. The maximum absolute atomic E-state index is 13.8. The third-order valence-corrected chi connectivity index (χ3v) is 10.9. The van der Waals surface area contributed by atoms with Crippen LogP contribution in [0.25, 0.3) is 21.8 Å². The van der Waals surface area contributed by atoms with Crippen LogP contribution in [0.2, 0.25) is 0 Å². The van der Waals surface area contributed by atoms with E-state index < -0.39 is 140 Å². The van der Waals surface area contributed by atoms with E-state index in [1.54, 1.807) is 56.6 Å². The van der Waals surface area contributed by atoms with Gasteiger partial charge in [0.1, 0.15) is 30.2 Å². The molecule has 71 heavy (non-hydrogen) atoms. The van der Waals surface area contributed by atoms with Crippen molar-refractivity contribution in [1.29, 1.82) is 0 Å². The van der Waals surface area contributed by atoms with E-state index in [1.807, 2.05) is 18.2 Å². The van der Waals surface area contributed by atoms with E-state index in [0.717, 1.165) is 21.8 Å². The molecule has 0 saturated heterocycles. The maximum Gasteiger partial charge on any atom is 0.326 e. The highest BCUT2D eigenvalue weighted by Crippen LogP contribution is 2.20. The number of para-hydroxylation sites is 2. The molecule has 0 bridgehead atoms. The molecule has 0 aliphatic heterocycles. The number of aromatic amines is 2. The van der Waals surface area contributed by atoms with Gasteiger partial charge in [-0.15, -0.1) is 0 Å². The number of nitrogens with one attached hydrogen (secondary N) is 10. The van der Waals surface area contributed by atoms with Crippen LogP contribution in [-0.4, -0.2) is 141 Å². The lowest BCUT2D eigenvalue weighted by molar-refractivity contribution is -0.141. The van der Waals surface area contributed by atoms with Crippen molar-refractivity contribution in [3.63, 3.8) is 0 Å². The van der Waals surface area contributed by atoms with E-state index in [0.29, 0.717) is 11.1 Å². The number of benzene rings is 2. The average Bonchev–Trinajstić information content (AvgIpc) is 3.92. The minimum Gasteiger partial charge on any atom is -0.481 e. The third kappa shape index (κ3) is 17.6. The summed E-state index contributed by atoms with van der Waals surface area (Å²) in [5.74, 6) is -10.5. The highest BCUT2D eigenvalue weighted by atomic mass is 16.4. The van der Waals surface area contributed by atoms with Gasteiger partial charge >= 0.3 is 11.9 Å². The summed E-state index contributed by atoms with van der Waals surface area (Å²) < 4.78 is 0. The first-order chi connectivity index (χ1) is 33.6. The normalized spacial score (nSPS) is 13.6. The van der Waals surface area contributed by atoms with Crippen molar-refractivity contribution in [3.8, 4) is 0 Å². The Morgan fingerprint density at radius 1 is 0.563 bits per heavy atom. The van der Waals surface area contributed by atoms with Gasteiger partial charge in [-0.3, -0.25) is 47.9 Å². The zero-order valence-corrected chi connectivity index (χ0v) is 39.2. The Kier molecular flexibility index (Phi) is 20.6. The van der Waals surface area contributed by atoms with Gasteiger partial charge in [-0.25, -0.2) is 4.79 Å². The number of carboxylic acids is 2. The van der Waals surface area contributed by atoms with Gasteiger partial charge in [0, 0.05) is 53.5 Å².